The maximum Gasteiger partial charge on any atom is 0.307 e. The summed E-state index contributed by atoms with van der Waals surface area (Å²) >= 11 is 6.02. The second-order valence-corrected chi connectivity index (χ2v) is 9.69. The zero-order valence-electron chi connectivity index (χ0n) is 17.8. The van der Waals surface area contributed by atoms with Gasteiger partial charge < -0.3 is 14.8 Å². The fourth-order valence-electron chi connectivity index (χ4n) is 2.79. The molecule has 3 aromatic rings. The van der Waals surface area contributed by atoms with E-state index in [0.717, 1.165) is 5.56 Å². The van der Waals surface area contributed by atoms with E-state index in [1.54, 1.807) is 36.4 Å². The molecular weight excluding hydrogens is 466 g/mol. The number of rotatable bonds is 9. The van der Waals surface area contributed by atoms with E-state index in [1.165, 1.54) is 18.2 Å². The number of esters is 1. The van der Waals surface area contributed by atoms with Crippen LogP contribution in [0.25, 0.3) is 0 Å². The Labute approximate surface area is 197 Å². The van der Waals surface area contributed by atoms with Crippen molar-refractivity contribution in [3.8, 4) is 11.5 Å². The molecule has 0 atom stereocenters. The summed E-state index contributed by atoms with van der Waals surface area (Å²) in [6, 6.07) is 20.0. The number of benzene rings is 3. The number of para-hydroxylation sites is 1. The first-order chi connectivity index (χ1) is 15.7. The van der Waals surface area contributed by atoms with Gasteiger partial charge in [0.15, 0.2) is 22.2 Å². The van der Waals surface area contributed by atoms with Crippen LogP contribution in [-0.4, -0.2) is 32.7 Å². The van der Waals surface area contributed by atoms with E-state index in [4.69, 9.17) is 21.1 Å². The number of sulfone groups is 1. The molecule has 0 aliphatic carbocycles. The van der Waals surface area contributed by atoms with Crippen molar-refractivity contribution in [1.29, 1.82) is 0 Å². The Morgan fingerprint density at radius 1 is 0.970 bits per heavy atom. The third-order valence-electron chi connectivity index (χ3n) is 4.51. The summed E-state index contributed by atoms with van der Waals surface area (Å²) < 4.78 is 35.4. The number of anilines is 1. The van der Waals surface area contributed by atoms with E-state index in [1.807, 2.05) is 25.1 Å². The summed E-state index contributed by atoms with van der Waals surface area (Å²) in [5.41, 5.74) is 1.23. The lowest BCUT2D eigenvalue weighted by Crippen LogP contribution is -2.22. The van der Waals surface area contributed by atoms with Crippen molar-refractivity contribution in [2.24, 2.45) is 0 Å². The van der Waals surface area contributed by atoms with Crippen LogP contribution in [0.1, 0.15) is 12.0 Å². The number of carbonyl (C=O) groups excluding carboxylic acids is 2. The van der Waals surface area contributed by atoms with Crippen molar-refractivity contribution in [3.05, 3.63) is 83.4 Å². The molecule has 0 bridgehead atoms. The van der Waals surface area contributed by atoms with E-state index in [-0.39, 0.29) is 11.3 Å². The molecule has 3 aromatic carbocycles. The standard InChI is InChI=1S/C24H22ClNO6S/c1-17-7-10-20(11-8-17)33(29,30)14-13-24(28)31-16-23(27)26-21-15-18(25)9-12-22(21)32-19-5-3-2-4-6-19/h2-12,15H,13-14,16H2,1H3,(H,26,27). The zero-order chi connectivity index (χ0) is 23.8. The largest absolute Gasteiger partial charge is 0.456 e. The average molecular weight is 488 g/mol. The third-order valence-corrected chi connectivity index (χ3v) is 6.47. The van der Waals surface area contributed by atoms with Gasteiger partial charge in [0.25, 0.3) is 5.91 Å². The van der Waals surface area contributed by atoms with Gasteiger partial charge in [-0.15, -0.1) is 0 Å². The fourth-order valence-corrected chi connectivity index (χ4v) is 4.18. The molecule has 0 heterocycles. The Bertz CT molecular complexity index is 1230. The predicted octanol–water partition coefficient (Wildman–Crippen LogP) is 4.79. The van der Waals surface area contributed by atoms with Crippen LogP contribution in [0.4, 0.5) is 5.69 Å². The van der Waals surface area contributed by atoms with Crippen molar-refractivity contribution in [2.45, 2.75) is 18.2 Å². The van der Waals surface area contributed by atoms with Crippen molar-refractivity contribution in [3.63, 3.8) is 0 Å². The van der Waals surface area contributed by atoms with Crippen LogP contribution in [0.15, 0.2) is 77.7 Å². The van der Waals surface area contributed by atoms with Crippen LogP contribution in [0.3, 0.4) is 0 Å². The van der Waals surface area contributed by atoms with E-state index in [9.17, 15) is 18.0 Å². The molecule has 0 unspecified atom stereocenters. The quantitative estimate of drug-likeness (QED) is 0.436. The average Bonchev–Trinajstić information content (AvgIpc) is 2.79. The highest BCUT2D eigenvalue weighted by Gasteiger charge is 2.18. The van der Waals surface area contributed by atoms with Gasteiger partial charge in [-0.1, -0.05) is 47.5 Å². The van der Waals surface area contributed by atoms with Gasteiger partial charge in [-0.05, 0) is 49.4 Å². The topological polar surface area (TPSA) is 98.8 Å². The summed E-state index contributed by atoms with van der Waals surface area (Å²) in [5.74, 6) is -0.913. The fraction of sp³-hybridized carbons (Fsp3) is 0.167. The van der Waals surface area contributed by atoms with E-state index in [2.05, 4.69) is 5.32 Å². The highest BCUT2D eigenvalue weighted by molar-refractivity contribution is 7.91. The second kappa shape index (κ2) is 11.0. The first-order valence-corrected chi connectivity index (χ1v) is 12.0. The smallest absolute Gasteiger partial charge is 0.307 e. The predicted molar refractivity (Wildman–Crippen MR) is 125 cm³/mol. The number of hydrogen-bond donors (Lipinski definition) is 1. The minimum absolute atomic E-state index is 0.130. The Morgan fingerprint density at radius 2 is 1.67 bits per heavy atom. The molecule has 33 heavy (non-hydrogen) atoms. The number of ether oxygens (including phenoxy) is 2. The van der Waals surface area contributed by atoms with E-state index in [0.29, 0.717) is 22.2 Å². The number of aryl methyl sites for hydroxylation is 1. The van der Waals surface area contributed by atoms with Crippen LogP contribution in [0.5, 0.6) is 11.5 Å². The van der Waals surface area contributed by atoms with Crippen LogP contribution in [0, 0.1) is 6.92 Å². The van der Waals surface area contributed by atoms with Crippen molar-refractivity contribution in [2.75, 3.05) is 17.7 Å². The van der Waals surface area contributed by atoms with Crippen LogP contribution in [-0.2, 0) is 24.2 Å². The lowest BCUT2D eigenvalue weighted by atomic mass is 10.2. The van der Waals surface area contributed by atoms with Gasteiger partial charge in [0.05, 0.1) is 22.8 Å². The molecule has 1 N–H and O–H groups in total. The molecule has 0 aromatic heterocycles. The number of halogens is 1. The number of hydrogen-bond acceptors (Lipinski definition) is 6. The summed E-state index contributed by atoms with van der Waals surface area (Å²) in [4.78, 5) is 24.4. The Morgan fingerprint density at radius 3 is 2.36 bits per heavy atom. The molecule has 0 fully saturated rings. The van der Waals surface area contributed by atoms with Gasteiger partial charge in [0, 0.05) is 5.02 Å². The van der Waals surface area contributed by atoms with Gasteiger partial charge in [0.1, 0.15) is 5.75 Å². The summed E-state index contributed by atoms with van der Waals surface area (Å²) in [6.45, 7) is 1.26. The highest BCUT2D eigenvalue weighted by Crippen LogP contribution is 2.32. The molecule has 0 spiro atoms. The third kappa shape index (κ3) is 7.34. The normalized spacial score (nSPS) is 11.0. The molecule has 9 heteroatoms. The Balaban J connectivity index is 1.53. The maximum atomic E-state index is 12.3. The SMILES string of the molecule is Cc1ccc(S(=O)(=O)CCC(=O)OCC(=O)Nc2cc(Cl)ccc2Oc2ccccc2)cc1. The number of amides is 1. The monoisotopic (exact) mass is 487 g/mol. The lowest BCUT2D eigenvalue weighted by Gasteiger charge is -2.13. The van der Waals surface area contributed by atoms with Crippen LogP contribution in [0.2, 0.25) is 5.02 Å². The summed E-state index contributed by atoms with van der Waals surface area (Å²) in [6.07, 6.45) is -0.372. The molecule has 0 radical (unpaired) electrons. The minimum atomic E-state index is -3.63. The summed E-state index contributed by atoms with van der Waals surface area (Å²) in [7, 11) is -3.63. The maximum absolute atomic E-state index is 12.3. The van der Waals surface area contributed by atoms with Crippen LogP contribution >= 0.6 is 11.6 Å². The Kier molecular flexibility index (Phi) is 8.08. The lowest BCUT2D eigenvalue weighted by molar-refractivity contribution is -0.146. The van der Waals surface area contributed by atoms with Crippen molar-refractivity contribution < 1.29 is 27.5 Å². The molecule has 172 valence electrons. The zero-order valence-corrected chi connectivity index (χ0v) is 19.4. The van der Waals surface area contributed by atoms with E-state index >= 15 is 0 Å². The minimum Gasteiger partial charge on any atom is -0.456 e. The molecule has 0 aliphatic heterocycles. The first kappa shape index (κ1) is 24.3. The molecule has 1 amide bonds. The Hall–Kier alpha value is -3.36. The van der Waals surface area contributed by atoms with E-state index < -0.39 is 34.1 Å². The highest BCUT2D eigenvalue weighted by atomic mass is 35.5. The number of nitrogens with one attached hydrogen (secondary N) is 1. The first-order valence-electron chi connectivity index (χ1n) is 10.0. The van der Waals surface area contributed by atoms with Crippen LogP contribution < -0.4 is 10.1 Å². The molecule has 0 saturated carbocycles. The van der Waals surface area contributed by atoms with Gasteiger partial charge in [-0.25, -0.2) is 8.42 Å². The number of carbonyl (C=O) groups is 2. The molecule has 0 aliphatic rings. The van der Waals surface area contributed by atoms with Gasteiger partial charge in [-0.2, -0.15) is 0 Å². The molecule has 0 saturated heterocycles. The molecule has 7 nitrogen and oxygen atoms in total. The summed E-state index contributed by atoms with van der Waals surface area (Å²) in [5, 5.41) is 2.97. The van der Waals surface area contributed by atoms with Gasteiger partial charge >= 0.3 is 5.97 Å². The van der Waals surface area contributed by atoms with Crippen molar-refractivity contribution >= 4 is 39.0 Å². The molecular formula is C24H22ClNO6S. The second-order valence-electron chi connectivity index (χ2n) is 7.15. The van der Waals surface area contributed by atoms with Crippen molar-refractivity contribution in [1.82, 2.24) is 0 Å². The van der Waals surface area contributed by atoms with Gasteiger partial charge in [0.2, 0.25) is 0 Å². The van der Waals surface area contributed by atoms with Gasteiger partial charge in [-0.3, -0.25) is 9.59 Å². The molecule has 3 rings (SSSR count).